The fourth-order valence-electron chi connectivity index (χ4n) is 2.55. The van der Waals surface area contributed by atoms with Gasteiger partial charge >= 0.3 is 0 Å². The minimum Gasteiger partial charge on any atom is -0.313 e. The van der Waals surface area contributed by atoms with Crippen molar-refractivity contribution in [3.8, 4) is 0 Å². The first-order valence-corrected chi connectivity index (χ1v) is 4.12. The van der Waals surface area contributed by atoms with Crippen molar-refractivity contribution in [1.82, 2.24) is 5.32 Å². The lowest BCUT2D eigenvalue weighted by atomic mass is 9.80. The molecular weight excluding hydrogens is 124 g/mol. The van der Waals surface area contributed by atoms with Crippen LogP contribution in [0.5, 0.6) is 0 Å². The average molecular weight is 140 g/mol. The lowest BCUT2D eigenvalue weighted by Crippen LogP contribution is -2.51. The van der Waals surface area contributed by atoms with E-state index in [0.717, 1.165) is 6.42 Å². The van der Waals surface area contributed by atoms with Gasteiger partial charge in [-0.1, -0.05) is 6.92 Å². The van der Waals surface area contributed by atoms with Crippen LogP contribution in [0.3, 0.4) is 0 Å². The van der Waals surface area contributed by atoms with Gasteiger partial charge in [0, 0.05) is 5.54 Å². The van der Waals surface area contributed by atoms with Gasteiger partial charge in [-0.25, -0.2) is 0 Å². The smallest absolute Gasteiger partial charge is 0.0693 e. The summed E-state index contributed by atoms with van der Waals surface area (Å²) >= 11 is 0. The molecule has 10 heavy (non-hydrogen) atoms. The maximum Gasteiger partial charge on any atom is 0.0693 e. The largest absolute Gasteiger partial charge is 0.313 e. The standard InChI is InChI=1S/C8H16N2/c1-6-5-7(2)3-4-8(6,9)10-7/h6,10H,3-5,9H2,1-2H3. The summed E-state index contributed by atoms with van der Waals surface area (Å²) in [7, 11) is 0. The van der Waals surface area contributed by atoms with Crippen LogP contribution in [0, 0.1) is 5.92 Å². The van der Waals surface area contributed by atoms with E-state index in [9.17, 15) is 0 Å². The summed E-state index contributed by atoms with van der Waals surface area (Å²) in [6, 6.07) is 0. The molecule has 0 aromatic rings. The zero-order chi connectivity index (χ0) is 7.41. The number of fused-ring (bicyclic) bond motifs is 2. The van der Waals surface area contributed by atoms with E-state index in [2.05, 4.69) is 19.2 Å². The lowest BCUT2D eigenvalue weighted by Gasteiger charge is -2.27. The summed E-state index contributed by atoms with van der Waals surface area (Å²) in [6.45, 7) is 4.53. The molecule has 3 atom stereocenters. The molecule has 2 saturated heterocycles. The fraction of sp³-hybridized carbons (Fsp3) is 1.00. The van der Waals surface area contributed by atoms with E-state index in [1.807, 2.05) is 0 Å². The van der Waals surface area contributed by atoms with E-state index in [-0.39, 0.29) is 5.66 Å². The van der Waals surface area contributed by atoms with Crippen molar-refractivity contribution in [3.63, 3.8) is 0 Å². The van der Waals surface area contributed by atoms with Crippen molar-refractivity contribution in [2.24, 2.45) is 11.7 Å². The van der Waals surface area contributed by atoms with Crippen LogP contribution >= 0.6 is 0 Å². The van der Waals surface area contributed by atoms with Gasteiger partial charge in [-0.3, -0.25) is 5.32 Å². The van der Waals surface area contributed by atoms with Gasteiger partial charge in [-0.2, -0.15) is 0 Å². The molecule has 3 unspecified atom stereocenters. The Morgan fingerprint density at radius 3 is 2.40 bits per heavy atom. The molecule has 2 fully saturated rings. The Bertz CT molecular complexity index is 169. The Hall–Kier alpha value is -0.0800. The van der Waals surface area contributed by atoms with Gasteiger partial charge in [0.15, 0.2) is 0 Å². The molecule has 2 heterocycles. The number of hydrogen-bond donors (Lipinski definition) is 2. The Morgan fingerprint density at radius 1 is 1.50 bits per heavy atom. The molecule has 2 rings (SSSR count). The van der Waals surface area contributed by atoms with E-state index in [4.69, 9.17) is 5.73 Å². The lowest BCUT2D eigenvalue weighted by molar-refractivity contribution is 0.291. The summed E-state index contributed by atoms with van der Waals surface area (Å²) in [5.74, 6) is 0.659. The van der Waals surface area contributed by atoms with Crippen LogP contribution < -0.4 is 11.1 Å². The molecule has 2 aliphatic rings. The number of nitrogens with two attached hydrogens (primary N) is 1. The highest BCUT2D eigenvalue weighted by Crippen LogP contribution is 2.45. The van der Waals surface area contributed by atoms with E-state index in [0.29, 0.717) is 11.5 Å². The predicted octanol–water partition coefficient (Wildman–Crippen LogP) is 0.823. The van der Waals surface area contributed by atoms with Crippen molar-refractivity contribution in [2.45, 2.75) is 44.3 Å². The first-order chi connectivity index (χ1) is 4.54. The molecule has 2 bridgehead atoms. The van der Waals surface area contributed by atoms with E-state index in [1.165, 1.54) is 12.8 Å². The van der Waals surface area contributed by atoms with Crippen molar-refractivity contribution < 1.29 is 0 Å². The molecule has 0 aliphatic carbocycles. The van der Waals surface area contributed by atoms with Gasteiger partial charge in [-0.05, 0) is 32.1 Å². The zero-order valence-corrected chi connectivity index (χ0v) is 6.78. The summed E-state index contributed by atoms with van der Waals surface area (Å²) in [5.41, 5.74) is 6.47. The third-order valence-corrected chi connectivity index (χ3v) is 3.26. The average Bonchev–Trinajstić information content (AvgIpc) is 2.17. The first kappa shape index (κ1) is 6.62. The maximum atomic E-state index is 6.12. The highest BCUT2D eigenvalue weighted by molar-refractivity contribution is 5.11. The normalized spacial score (nSPS) is 59.7. The van der Waals surface area contributed by atoms with Crippen LogP contribution in [0.15, 0.2) is 0 Å². The molecule has 58 valence electrons. The molecular formula is C8H16N2. The van der Waals surface area contributed by atoms with Crippen LogP contribution in [0.4, 0.5) is 0 Å². The molecule has 0 spiro atoms. The van der Waals surface area contributed by atoms with Gasteiger partial charge in [0.1, 0.15) is 0 Å². The van der Waals surface area contributed by atoms with Gasteiger partial charge in [0.25, 0.3) is 0 Å². The molecule has 0 aromatic heterocycles. The number of rotatable bonds is 0. The van der Waals surface area contributed by atoms with Crippen LogP contribution in [-0.2, 0) is 0 Å². The quantitative estimate of drug-likeness (QED) is 0.523. The third-order valence-electron chi connectivity index (χ3n) is 3.26. The monoisotopic (exact) mass is 140 g/mol. The van der Waals surface area contributed by atoms with Crippen molar-refractivity contribution in [3.05, 3.63) is 0 Å². The topological polar surface area (TPSA) is 38.0 Å². The van der Waals surface area contributed by atoms with Crippen molar-refractivity contribution in [2.75, 3.05) is 0 Å². The maximum absolute atomic E-state index is 6.12. The molecule has 2 nitrogen and oxygen atoms in total. The van der Waals surface area contributed by atoms with Crippen LogP contribution in [0.2, 0.25) is 0 Å². The van der Waals surface area contributed by atoms with Crippen molar-refractivity contribution in [1.29, 1.82) is 0 Å². The zero-order valence-electron chi connectivity index (χ0n) is 6.78. The molecule has 3 N–H and O–H groups in total. The van der Waals surface area contributed by atoms with E-state index < -0.39 is 0 Å². The Balaban J connectivity index is 2.28. The molecule has 0 amide bonds. The number of hydrogen-bond acceptors (Lipinski definition) is 2. The van der Waals surface area contributed by atoms with Crippen LogP contribution in [-0.4, -0.2) is 11.2 Å². The van der Waals surface area contributed by atoms with Crippen LogP contribution in [0.25, 0.3) is 0 Å². The van der Waals surface area contributed by atoms with Gasteiger partial charge in [0.2, 0.25) is 0 Å². The van der Waals surface area contributed by atoms with Gasteiger partial charge in [0.05, 0.1) is 5.66 Å². The Labute approximate surface area is 62.2 Å². The number of nitrogens with one attached hydrogen (secondary N) is 1. The molecule has 0 radical (unpaired) electrons. The predicted molar refractivity (Wildman–Crippen MR) is 41.5 cm³/mol. The highest BCUT2D eigenvalue weighted by Gasteiger charge is 2.53. The SMILES string of the molecule is CC1CC2(C)CCC1(N)N2. The van der Waals surface area contributed by atoms with E-state index in [1.54, 1.807) is 0 Å². The van der Waals surface area contributed by atoms with E-state index >= 15 is 0 Å². The second-order valence-electron chi connectivity index (χ2n) is 4.33. The summed E-state index contributed by atoms with van der Waals surface area (Å²) in [6.07, 6.45) is 3.67. The minimum atomic E-state index is -0.0191. The molecule has 2 aliphatic heterocycles. The first-order valence-electron chi connectivity index (χ1n) is 4.12. The van der Waals surface area contributed by atoms with Gasteiger partial charge in [-0.15, -0.1) is 0 Å². The second kappa shape index (κ2) is 1.56. The fourth-order valence-corrected chi connectivity index (χ4v) is 2.55. The molecule has 2 heteroatoms. The molecule has 0 aromatic carbocycles. The second-order valence-corrected chi connectivity index (χ2v) is 4.33. The van der Waals surface area contributed by atoms with Crippen LogP contribution in [0.1, 0.15) is 33.1 Å². The van der Waals surface area contributed by atoms with Crippen molar-refractivity contribution >= 4 is 0 Å². The Morgan fingerprint density at radius 2 is 2.20 bits per heavy atom. The molecule has 0 saturated carbocycles. The summed E-state index contributed by atoms with van der Waals surface area (Å²) < 4.78 is 0. The van der Waals surface area contributed by atoms with Gasteiger partial charge < -0.3 is 5.73 Å². The summed E-state index contributed by atoms with van der Waals surface area (Å²) in [4.78, 5) is 0. The Kier molecular flexibility index (Phi) is 1.03. The summed E-state index contributed by atoms with van der Waals surface area (Å²) in [5, 5.41) is 3.51. The highest BCUT2D eigenvalue weighted by atomic mass is 15.2. The third kappa shape index (κ3) is 0.663. The minimum absolute atomic E-state index is 0.0191.